The largest absolute Gasteiger partial charge is 0.481 e. The van der Waals surface area contributed by atoms with E-state index in [2.05, 4.69) is 0 Å². The van der Waals surface area contributed by atoms with Gasteiger partial charge in [0.1, 0.15) is 6.10 Å². The Labute approximate surface area is 90.8 Å². The van der Waals surface area contributed by atoms with Crippen LogP contribution in [0.4, 0.5) is 4.39 Å². The van der Waals surface area contributed by atoms with Gasteiger partial charge in [-0.3, -0.25) is 4.79 Å². The smallest absolute Gasteiger partial charge is 0.307 e. The van der Waals surface area contributed by atoms with E-state index in [-0.39, 0.29) is 0 Å². The van der Waals surface area contributed by atoms with E-state index in [1.54, 1.807) is 13.8 Å². The molecule has 0 spiro atoms. The molecule has 3 unspecified atom stereocenters. The molecule has 1 fully saturated rings. The summed E-state index contributed by atoms with van der Waals surface area (Å²) in [5, 5.41) is 18.1. The van der Waals surface area contributed by atoms with E-state index in [0.717, 1.165) is 0 Å². The fourth-order valence-electron chi connectivity index (χ4n) is 1.94. The van der Waals surface area contributed by atoms with Gasteiger partial charge in [0, 0.05) is 5.92 Å². The van der Waals surface area contributed by atoms with Gasteiger partial charge in [0.05, 0.1) is 5.92 Å². The Balaban J connectivity index is 2.79. The second-order valence-corrected chi connectivity index (χ2v) is 5.44. The van der Waals surface area contributed by atoms with Crippen LogP contribution in [-0.4, -0.2) is 26.9 Å². The first-order chi connectivity index (χ1) is 6.10. The van der Waals surface area contributed by atoms with Crippen molar-refractivity contribution in [1.82, 2.24) is 0 Å². The molecule has 0 heterocycles. The minimum absolute atomic E-state index is 0.674. The molecular weight excluding hydrogens is 234 g/mol. The number of carbonyl (C=O) groups is 1. The van der Waals surface area contributed by atoms with E-state index >= 15 is 0 Å². The first kappa shape index (κ1) is 12.0. The Morgan fingerprint density at radius 3 is 2.21 bits per heavy atom. The van der Waals surface area contributed by atoms with Gasteiger partial charge in [-0.15, -0.1) is 0 Å². The molecule has 0 aromatic rings. The molecule has 0 saturated heterocycles. The van der Waals surface area contributed by atoms with Crippen LogP contribution >= 0.6 is 23.2 Å². The molecule has 0 aromatic carbocycles. The first-order valence-electron chi connectivity index (χ1n) is 4.07. The van der Waals surface area contributed by atoms with Crippen LogP contribution in [0.1, 0.15) is 13.8 Å². The molecule has 14 heavy (non-hydrogen) atoms. The van der Waals surface area contributed by atoms with Gasteiger partial charge in [-0.25, -0.2) is 4.39 Å². The van der Waals surface area contributed by atoms with Gasteiger partial charge >= 0.3 is 5.97 Å². The monoisotopic (exact) mass is 244 g/mol. The maximum Gasteiger partial charge on any atom is 0.307 e. The van der Waals surface area contributed by atoms with E-state index in [9.17, 15) is 14.3 Å². The molecule has 0 radical (unpaired) electrons. The summed E-state index contributed by atoms with van der Waals surface area (Å²) in [6, 6.07) is 0. The number of rotatable bonds is 3. The molecular formula is C8H11Cl2FO3. The van der Waals surface area contributed by atoms with E-state index in [0.29, 0.717) is 0 Å². The standard InChI is InChI=1S/C8H11Cl2FO3/c1-7(2)3(4(7)6(13)14)5(12)8(9,10)11/h3-5,12H,1-2H3,(H,13,14). The third-order valence-corrected chi connectivity index (χ3v) is 3.30. The Kier molecular flexibility index (Phi) is 2.76. The summed E-state index contributed by atoms with van der Waals surface area (Å²) in [4.78, 5) is 10.7. The van der Waals surface area contributed by atoms with Crippen molar-refractivity contribution in [3.05, 3.63) is 0 Å². The summed E-state index contributed by atoms with van der Waals surface area (Å²) in [5.74, 6) is -2.62. The number of aliphatic hydroxyl groups excluding tert-OH is 1. The SMILES string of the molecule is CC1(C)C(C(=O)O)C1C(O)C(F)(Cl)Cl. The topological polar surface area (TPSA) is 57.5 Å². The summed E-state index contributed by atoms with van der Waals surface area (Å²) < 4.78 is 10.1. The van der Waals surface area contributed by atoms with Crippen LogP contribution in [0.2, 0.25) is 0 Å². The van der Waals surface area contributed by atoms with Crippen molar-refractivity contribution >= 4 is 29.2 Å². The Bertz CT molecular complexity index is 262. The molecule has 2 N–H and O–H groups in total. The molecule has 6 heteroatoms. The zero-order valence-electron chi connectivity index (χ0n) is 7.67. The third-order valence-electron chi connectivity index (χ3n) is 2.85. The van der Waals surface area contributed by atoms with Crippen LogP contribution in [-0.2, 0) is 4.79 Å². The fourth-order valence-corrected chi connectivity index (χ4v) is 2.21. The van der Waals surface area contributed by atoms with Crippen molar-refractivity contribution in [1.29, 1.82) is 0 Å². The van der Waals surface area contributed by atoms with Crippen LogP contribution in [0.5, 0.6) is 0 Å². The van der Waals surface area contributed by atoms with Gasteiger partial charge < -0.3 is 10.2 Å². The third kappa shape index (κ3) is 1.83. The van der Waals surface area contributed by atoms with Crippen molar-refractivity contribution in [3.8, 4) is 0 Å². The summed E-state index contributed by atoms with van der Waals surface area (Å²) in [6.07, 6.45) is -1.68. The van der Waals surface area contributed by atoms with E-state index in [1.165, 1.54) is 0 Å². The number of halogens is 3. The number of hydrogen-bond acceptors (Lipinski definition) is 2. The van der Waals surface area contributed by atoms with Crippen LogP contribution in [0.25, 0.3) is 0 Å². The Hall–Kier alpha value is -0.0600. The van der Waals surface area contributed by atoms with E-state index in [4.69, 9.17) is 28.3 Å². The molecule has 0 aromatic heterocycles. The van der Waals surface area contributed by atoms with Crippen molar-refractivity contribution in [2.45, 2.75) is 24.5 Å². The van der Waals surface area contributed by atoms with Crippen LogP contribution < -0.4 is 0 Å². The molecule has 0 amide bonds. The van der Waals surface area contributed by atoms with Crippen molar-refractivity contribution in [3.63, 3.8) is 0 Å². The van der Waals surface area contributed by atoms with Crippen LogP contribution in [0, 0.1) is 17.3 Å². The second kappa shape index (κ2) is 3.22. The molecule has 82 valence electrons. The average Bonchev–Trinajstić information content (AvgIpc) is 2.49. The highest BCUT2D eigenvalue weighted by atomic mass is 35.5. The average molecular weight is 245 g/mol. The van der Waals surface area contributed by atoms with Crippen LogP contribution in [0.15, 0.2) is 0 Å². The van der Waals surface area contributed by atoms with Gasteiger partial charge in [-0.2, -0.15) is 0 Å². The lowest BCUT2D eigenvalue weighted by molar-refractivity contribution is -0.139. The number of aliphatic hydroxyl groups is 1. The number of alkyl halides is 3. The lowest BCUT2D eigenvalue weighted by atomic mass is 10.1. The zero-order chi connectivity index (χ0) is 11.3. The Morgan fingerprint density at radius 1 is 1.57 bits per heavy atom. The number of hydrogen-bond donors (Lipinski definition) is 2. The Morgan fingerprint density at radius 2 is 2.00 bits per heavy atom. The summed E-state index contributed by atoms with van der Waals surface area (Å²) in [5.41, 5.74) is -0.674. The van der Waals surface area contributed by atoms with Gasteiger partial charge in [0.25, 0.3) is 4.59 Å². The minimum Gasteiger partial charge on any atom is -0.481 e. The molecule has 1 aliphatic rings. The van der Waals surface area contributed by atoms with Gasteiger partial charge in [-0.1, -0.05) is 37.0 Å². The molecule has 1 rings (SSSR count). The summed E-state index contributed by atoms with van der Waals surface area (Å²) >= 11 is 10.1. The van der Waals surface area contributed by atoms with E-state index < -0.39 is 33.9 Å². The van der Waals surface area contributed by atoms with Crippen molar-refractivity contribution in [2.75, 3.05) is 0 Å². The number of carboxylic acids is 1. The zero-order valence-corrected chi connectivity index (χ0v) is 9.18. The highest BCUT2D eigenvalue weighted by molar-refractivity contribution is 6.47. The molecule has 0 bridgehead atoms. The second-order valence-electron chi connectivity index (χ2n) is 4.15. The molecule has 0 aliphatic heterocycles. The number of carboxylic acid groups (broad SMARTS) is 1. The lowest BCUT2D eigenvalue weighted by Gasteiger charge is -2.18. The maximum atomic E-state index is 12.9. The van der Waals surface area contributed by atoms with Gasteiger partial charge in [0.2, 0.25) is 0 Å². The summed E-state index contributed by atoms with van der Waals surface area (Å²) in [7, 11) is 0. The van der Waals surface area contributed by atoms with E-state index in [1.807, 2.05) is 0 Å². The normalized spacial score (nSPS) is 32.4. The minimum atomic E-state index is -2.80. The number of aliphatic carboxylic acids is 1. The fraction of sp³-hybridized carbons (Fsp3) is 0.875. The summed E-state index contributed by atoms with van der Waals surface area (Å²) in [6.45, 7) is 3.25. The quantitative estimate of drug-likeness (QED) is 0.745. The first-order valence-corrected chi connectivity index (χ1v) is 4.83. The highest BCUT2D eigenvalue weighted by Gasteiger charge is 2.68. The molecule has 3 nitrogen and oxygen atoms in total. The predicted octanol–water partition coefficient (Wildman–Crippen LogP) is 1.81. The molecule has 1 aliphatic carbocycles. The van der Waals surface area contributed by atoms with Crippen LogP contribution in [0.3, 0.4) is 0 Å². The lowest BCUT2D eigenvalue weighted by Crippen LogP contribution is -2.30. The van der Waals surface area contributed by atoms with Crippen molar-refractivity contribution in [2.24, 2.45) is 17.3 Å². The van der Waals surface area contributed by atoms with Gasteiger partial charge in [0.15, 0.2) is 0 Å². The predicted molar refractivity (Wildman–Crippen MR) is 49.9 cm³/mol. The van der Waals surface area contributed by atoms with Gasteiger partial charge in [-0.05, 0) is 5.41 Å². The highest BCUT2D eigenvalue weighted by Crippen LogP contribution is 2.62. The molecule has 3 atom stereocenters. The van der Waals surface area contributed by atoms with Crippen molar-refractivity contribution < 1.29 is 19.4 Å². The maximum absolute atomic E-state index is 12.9. The molecule has 1 saturated carbocycles.